The second-order valence-electron chi connectivity index (χ2n) is 15.2. The van der Waals surface area contributed by atoms with Crippen LogP contribution in [-0.2, 0) is 27.9 Å². The molecule has 1 aliphatic rings. The number of unbranched alkanes of at least 4 members (excludes halogenated alkanes) is 10. The Kier molecular flexibility index (Phi) is 34.3. The van der Waals surface area contributed by atoms with Gasteiger partial charge in [-0.05, 0) is 83.5 Å². The van der Waals surface area contributed by atoms with Crippen LogP contribution in [0.25, 0.3) is 0 Å². The van der Waals surface area contributed by atoms with Gasteiger partial charge >= 0.3 is 13.8 Å². The van der Waals surface area contributed by atoms with E-state index in [0.717, 1.165) is 116 Å². The first-order chi connectivity index (χ1) is 29.0. The standard InChI is InChI=1S/C47H79O12P/c1-3-5-7-9-11-13-15-17-18-19-20-21-22-23-25-27-29-31-33-35-37-56-38-40(39-57-60(54,55)59-47-45(52)43(50)42(49)44(51)46(47)53)58-41(48)36-34-32-30-28-26-24-16-14-12-10-8-6-4-2/h5,7-8,10-11,13-14,16-18,20-21,23,25,40,42-47,49-53H,3-4,6,9,12,15,19,22,24,26-39H2,1-2H3,(H,54,55)/b7-5-,10-8-,13-11-,16-14-,18-17-,21-20-,25-23-. The van der Waals surface area contributed by atoms with Crippen molar-refractivity contribution in [3.8, 4) is 0 Å². The molecule has 1 saturated carbocycles. The summed E-state index contributed by atoms with van der Waals surface area (Å²) in [5.74, 6) is -0.506. The Labute approximate surface area is 361 Å². The zero-order valence-corrected chi connectivity index (χ0v) is 37.4. The summed E-state index contributed by atoms with van der Waals surface area (Å²) in [6.45, 7) is 3.98. The maximum atomic E-state index is 12.8. The molecule has 0 aromatic carbocycles. The molecule has 0 saturated heterocycles. The van der Waals surface area contributed by atoms with Crippen molar-refractivity contribution in [1.29, 1.82) is 0 Å². The molecule has 12 nitrogen and oxygen atoms in total. The van der Waals surface area contributed by atoms with Gasteiger partial charge in [0.2, 0.25) is 0 Å². The molecule has 0 aliphatic heterocycles. The summed E-state index contributed by atoms with van der Waals surface area (Å²) < 4.78 is 34.1. The topological polar surface area (TPSA) is 192 Å². The van der Waals surface area contributed by atoms with Gasteiger partial charge in [0.05, 0.1) is 13.2 Å². The Morgan fingerprint density at radius 3 is 1.50 bits per heavy atom. The van der Waals surface area contributed by atoms with Crippen molar-refractivity contribution in [3.63, 3.8) is 0 Å². The van der Waals surface area contributed by atoms with Crippen LogP contribution in [-0.4, -0.2) is 98.9 Å². The van der Waals surface area contributed by atoms with E-state index in [1.165, 1.54) is 0 Å². The SMILES string of the molecule is CC/C=C\C/C=C\C/C=C\C/C=C\C/C=C\CCCCCCOCC(COP(=O)(O)OC1C(O)C(O)C(O)C(O)C1O)OC(=O)CCCCCCC/C=C\C/C=C\CCC. The minimum absolute atomic E-state index is 0.105. The lowest BCUT2D eigenvalue weighted by atomic mass is 9.85. The molecular formula is C47H79O12P. The highest BCUT2D eigenvalue weighted by Gasteiger charge is 2.51. The lowest BCUT2D eigenvalue weighted by molar-refractivity contribution is -0.220. The van der Waals surface area contributed by atoms with E-state index >= 15 is 0 Å². The van der Waals surface area contributed by atoms with Gasteiger partial charge in [0, 0.05) is 13.0 Å². The number of allylic oxidation sites excluding steroid dienone is 14. The first kappa shape index (κ1) is 55.5. The lowest BCUT2D eigenvalue weighted by Crippen LogP contribution is -2.64. The predicted molar refractivity (Wildman–Crippen MR) is 239 cm³/mol. The fourth-order valence-electron chi connectivity index (χ4n) is 6.18. The largest absolute Gasteiger partial charge is 0.472 e. The first-order valence-electron chi connectivity index (χ1n) is 22.4. The minimum Gasteiger partial charge on any atom is -0.457 e. The molecule has 13 heteroatoms. The van der Waals surface area contributed by atoms with Crippen LogP contribution in [0.2, 0.25) is 0 Å². The Bertz CT molecular complexity index is 1310. The van der Waals surface area contributed by atoms with Crippen molar-refractivity contribution in [2.75, 3.05) is 19.8 Å². The number of rotatable bonds is 36. The molecular weight excluding hydrogens is 787 g/mol. The zero-order valence-electron chi connectivity index (χ0n) is 36.5. The smallest absolute Gasteiger partial charge is 0.457 e. The number of phosphoric acid groups is 1. The van der Waals surface area contributed by atoms with E-state index < -0.39 is 63.1 Å². The van der Waals surface area contributed by atoms with Crippen LogP contribution in [0.15, 0.2) is 85.1 Å². The number of esters is 1. The van der Waals surface area contributed by atoms with Crippen molar-refractivity contribution >= 4 is 13.8 Å². The van der Waals surface area contributed by atoms with Crippen molar-refractivity contribution < 1.29 is 58.3 Å². The third-order valence-corrected chi connectivity index (χ3v) is 10.7. The van der Waals surface area contributed by atoms with Gasteiger partial charge in [-0.2, -0.15) is 0 Å². The second-order valence-corrected chi connectivity index (χ2v) is 16.6. The summed E-state index contributed by atoms with van der Waals surface area (Å²) in [6.07, 6.45) is 36.5. The highest BCUT2D eigenvalue weighted by Crippen LogP contribution is 2.47. The minimum atomic E-state index is -5.03. The quantitative estimate of drug-likeness (QED) is 0.0152. The number of carbonyl (C=O) groups excluding carboxylic acids is 1. The molecule has 1 rings (SSSR count). The van der Waals surface area contributed by atoms with Gasteiger partial charge in [0.1, 0.15) is 42.7 Å². The van der Waals surface area contributed by atoms with Gasteiger partial charge in [-0.25, -0.2) is 4.57 Å². The molecule has 1 fully saturated rings. The van der Waals surface area contributed by atoms with Crippen LogP contribution in [0.1, 0.15) is 142 Å². The molecule has 0 radical (unpaired) electrons. The van der Waals surface area contributed by atoms with Crippen LogP contribution < -0.4 is 0 Å². The number of hydrogen-bond acceptors (Lipinski definition) is 11. The van der Waals surface area contributed by atoms with Gasteiger partial charge in [-0.1, -0.05) is 137 Å². The summed E-state index contributed by atoms with van der Waals surface area (Å²) in [6, 6.07) is 0. The average Bonchev–Trinajstić information content (AvgIpc) is 3.23. The van der Waals surface area contributed by atoms with Crippen LogP contribution in [0.4, 0.5) is 0 Å². The van der Waals surface area contributed by atoms with E-state index in [1.807, 2.05) is 0 Å². The Balaban J connectivity index is 2.44. The summed E-state index contributed by atoms with van der Waals surface area (Å²) in [5.41, 5.74) is 0. The van der Waals surface area contributed by atoms with Gasteiger partial charge < -0.3 is 39.9 Å². The van der Waals surface area contributed by atoms with Crippen molar-refractivity contribution in [3.05, 3.63) is 85.1 Å². The molecule has 0 aromatic rings. The van der Waals surface area contributed by atoms with E-state index in [1.54, 1.807) is 0 Å². The molecule has 0 spiro atoms. The van der Waals surface area contributed by atoms with Crippen molar-refractivity contribution in [2.45, 2.75) is 185 Å². The van der Waals surface area contributed by atoms with E-state index in [2.05, 4.69) is 98.9 Å². The maximum absolute atomic E-state index is 12.8. The zero-order chi connectivity index (χ0) is 44.1. The first-order valence-corrected chi connectivity index (χ1v) is 23.9. The van der Waals surface area contributed by atoms with Gasteiger partial charge in [0.25, 0.3) is 0 Å². The summed E-state index contributed by atoms with van der Waals surface area (Å²) >= 11 is 0. The van der Waals surface area contributed by atoms with Crippen LogP contribution >= 0.6 is 7.82 Å². The molecule has 0 bridgehead atoms. The van der Waals surface area contributed by atoms with Crippen molar-refractivity contribution in [2.24, 2.45) is 0 Å². The van der Waals surface area contributed by atoms with E-state index in [-0.39, 0.29) is 13.0 Å². The highest BCUT2D eigenvalue weighted by atomic mass is 31.2. The molecule has 0 aromatic heterocycles. The maximum Gasteiger partial charge on any atom is 0.472 e. The molecule has 6 unspecified atom stereocenters. The Hall–Kier alpha value is -2.48. The number of aliphatic hydroxyl groups is 5. The molecule has 1 aliphatic carbocycles. The predicted octanol–water partition coefficient (Wildman–Crippen LogP) is 8.97. The fourth-order valence-corrected chi connectivity index (χ4v) is 7.16. The number of aliphatic hydroxyl groups excluding tert-OH is 5. The molecule has 6 N–H and O–H groups in total. The van der Waals surface area contributed by atoms with Gasteiger partial charge in [-0.3, -0.25) is 13.8 Å². The van der Waals surface area contributed by atoms with Crippen LogP contribution in [0, 0.1) is 0 Å². The molecule has 6 atom stereocenters. The third kappa shape index (κ3) is 28.9. The third-order valence-electron chi connectivity index (χ3n) is 9.73. The van der Waals surface area contributed by atoms with Crippen LogP contribution in [0.5, 0.6) is 0 Å². The normalized spacial score (nSPS) is 23.1. The van der Waals surface area contributed by atoms with E-state index in [4.69, 9.17) is 18.5 Å². The monoisotopic (exact) mass is 867 g/mol. The van der Waals surface area contributed by atoms with E-state index in [9.17, 15) is 39.8 Å². The number of hydrogen-bond donors (Lipinski definition) is 6. The number of carbonyl (C=O) groups is 1. The second kappa shape index (κ2) is 37.1. The van der Waals surface area contributed by atoms with Crippen LogP contribution in [0.3, 0.4) is 0 Å². The highest BCUT2D eigenvalue weighted by molar-refractivity contribution is 7.47. The number of ether oxygens (including phenoxy) is 2. The molecule has 0 amide bonds. The summed E-state index contributed by atoms with van der Waals surface area (Å²) in [7, 11) is -5.03. The van der Waals surface area contributed by atoms with E-state index in [0.29, 0.717) is 13.0 Å². The fraction of sp³-hybridized carbons (Fsp3) is 0.681. The summed E-state index contributed by atoms with van der Waals surface area (Å²) in [5, 5.41) is 50.1. The molecule has 0 heterocycles. The van der Waals surface area contributed by atoms with Gasteiger partial charge in [0.15, 0.2) is 0 Å². The van der Waals surface area contributed by atoms with Crippen molar-refractivity contribution in [1.82, 2.24) is 0 Å². The Morgan fingerprint density at radius 2 is 0.983 bits per heavy atom. The number of phosphoric ester groups is 1. The van der Waals surface area contributed by atoms with Gasteiger partial charge in [-0.15, -0.1) is 0 Å². The average molecular weight is 867 g/mol. The Morgan fingerprint density at radius 1 is 0.550 bits per heavy atom. The lowest BCUT2D eigenvalue weighted by Gasteiger charge is -2.41. The summed E-state index contributed by atoms with van der Waals surface area (Å²) in [4.78, 5) is 23.1. The molecule has 60 heavy (non-hydrogen) atoms. The molecule has 344 valence electrons.